The molecule has 1 aromatic rings. The highest BCUT2D eigenvalue weighted by atomic mass is 16.5. The Kier molecular flexibility index (Phi) is 5.10. The number of hydrogen-bond acceptors (Lipinski definition) is 4. The minimum absolute atomic E-state index is 0.346. The molecule has 21 heavy (non-hydrogen) atoms. The molecular formula is C17H26N2O2. The lowest BCUT2D eigenvalue weighted by Crippen LogP contribution is -2.35. The van der Waals surface area contributed by atoms with E-state index in [-0.39, 0.29) is 5.97 Å². The van der Waals surface area contributed by atoms with Crippen molar-refractivity contribution < 1.29 is 9.53 Å². The summed E-state index contributed by atoms with van der Waals surface area (Å²) < 4.78 is 4.86. The number of anilines is 2. The quantitative estimate of drug-likeness (QED) is 0.656. The molecule has 0 saturated heterocycles. The van der Waals surface area contributed by atoms with Crippen LogP contribution < -0.4 is 11.1 Å². The lowest BCUT2D eigenvalue weighted by atomic mass is 9.77. The molecule has 0 aliphatic heterocycles. The number of methoxy groups -OCH3 is 1. The molecule has 116 valence electrons. The van der Waals surface area contributed by atoms with E-state index in [1.54, 1.807) is 6.07 Å². The van der Waals surface area contributed by atoms with E-state index in [9.17, 15) is 4.79 Å². The lowest BCUT2D eigenvalue weighted by Gasteiger charge is -2.36. The first kappa shape index (κ1) is 15.7. The highest BCUT2D eigenvalue weighted by Gasteiger charge is 2.28. The summed E-state index contributed by atoms with van der Waals surface area (Å²) in [6.45, 7) is 4.55. The van der Waals surface area contributed by atoms with Gasteiger partial charge >= 0.3 is 5.97 Å². The molecule has 1 aliphatic carbocycles. The second-order valence-corrected chi connectivity index (χ2v) is 6.24. The Bertz CT molecular complexity index is 500. The normalized spacial score (nSPS) is 22.1. The van der Waals surface area contributed by atoms with Crippen LogP contribution in [0.1, 0.15) is 49.9 Å². The average Bonchev–Trinajstić information content (AvgIpc) is 2.48. The van der Waals surface area contributed by atoms with Gasteiger partial charge in [-0.15, -0.1) is 0 Å². The van der Waals surface area contributed by atoms with Crippen LogP contribution in [0.4, 0.5) is 11.4 Å². The predicted molar refractivity (Wildman–Crippen MR) is 86.4 cm³/mol. The summed E-state index contributed by atoms with van der Waals surface area (Å²) >= 11 is 0. The van der Waals surface area contributed by atoms with Gasteiger partial charge in [-0.3, -0.25) is 0 Å². The van der Waals surface area contributed by atoms with E-state index in [4.69, 9.17) is 10.5 Å². The maximum Gasteiger partial charge on any atom is 0.340 e. The molecule has 2 atom stereocenters. The van der Waals surface area contributed by atoms with Crippen LogP contribution in [0.5, 0.6) is 0 Å². The molecule has 1 saturated carbocycles. The van der Waals surface area contributed by atoms with Crippen molar-refractivity contribution in [2.75, 3.05) is 18.2 Å². The summed E-state index contributed by atoms with van der Waals surface area (Å²) in [6, 6.07) is 5.79. The summed E-state index contributed by atoms with van der Waals surface area (Å²) in [5, 5.41) is 3.57. The minimum Gasteiger partial charge on any atom is -0.465 e. The van der Waals surface area contributed by atoms with Gasteiger partial charge in [0.2, 0.25) is 0 Å². The molecule has 0 amide bonds. The molecule has 0 heterocycles. The Morgan fingerprint density at radius 2 is 2.05 bits per heavy atom. The molecule has 1 fully saturated rings. The Labute approximate surface area is 127 Å². The highest BCUT2D eigenvalue weighted by molar-refractivity contribution is 5.96. The summed E-state index contributed by atoms with van der Waals surface area (Å²) in [7, 11) is 1.40. The lowest BCUT2D eigenvalue weighted by molar-refractivity contribution is 0.0601. The summed E-state index contributed by atoms with van der Waals surface area (Å²) in [4.78, 5) is 11.9. The third-order valence-corrected chi connectivity index (χ3v) is 4.47. The highest BCUT2D eigenvalue weighted by Crippen LogP contribution is 2.33. The summed E-state index contributed by atoms with van der Waals surface area (Å²) in [5.41, 5.74) is 7.71. The molecule has 2 unspecified atom stereocenters. The fourth-order valence-corrected chi connectivity index (χ4v) is 3.30. The fraction of sp³-hybridized carbons (Fsp3) is 0.588. The zero-order valence-electron chi connectivity index (χ0n) is 13.2. The smallest absolute Gasteiger partial charge is 0.340 e. The van der Waals surface area contributed by atoms with Crippen molar-refractivity contribution in [1.29, 1.82) is 0 Å². The van der Waals surface area contributed by atoms with Crippen LogP contribution in [0.15, 0.2) is 18.2 Å². The van der Waals surface area contributed by atoms with E-state index in [1.807, 2.05) is 12.1 Å². The van der Waals surface area contributed by atoms with E-state index in [2.05, 4.69) is 19.2 Å². The minimum atomic E-state index is -0.346. The largest absolute Gasteiger partial charge is 0.465 e. The molecule has 3 N–H and O–H groups in total. The standard InChI is InChI=1S/C17H26N2O2/c1-11(2)13-6-4-5-7-15(13)19-16-9-8-12(18)10-14(16)17(20)21-3/h8-11,13,15,19H,4-7,18H2,1-3H3. The zero-order chi connectivity index (χ0) is 15.4. The molecule has 2 rings (SSSR count). The zero-order valence-corrected chi connectivity index (χ0v) is 13.2. The topological polar surface area (TPSA) is 64.3 Å². The van der Waals surface area contributed by atoms with Crippen LogP contribution in [-0.2, 0) is 4.74 Å². The second-order valence-electron chi connectivity index (χ2n) is 6.24. The van der Waals surface area contributed by atoms with Crippen molar-refractivity contribution >= 4 is 17.3 Å². The molecular weight excluding hydrogens is 264 g/mol. The van der Waals surface area contributed by atoms with Crippen molar-refractivity contribution in [2.45, 2.75) is 45.6 Å². The van der Waals surface area contributed by atoms with Gasteiger partial charge in [0.25, 0.3) is 0 Å². The number of rotatable bonds is 4. The Hall–Kier alpha value is -1.71. The Morgan fingerprint density at radius 1 is 1.33 bits per heavy atom. The average molecular weight is 290 g/mol. The van der Waals surface area contributed by atoms with Crippen LogP contribution in [0, 0.1) is 11.8 Å². The Balaban J connectivity index is 2.23. The maximum atomic E-state index is 11.9. The third kappa shape index (κ3) is 3.69. The molecule has 1 aromatic carbocycles. The maximum absolute atomic E-state index is 11.9. The number of carbonyl (C=O) groups is 1. The van der Waals surface area contributed by atoms with E-state index in [0.717, 1.165) is 12.1 Å². The van der Waals surface area contributed by atoms with E-state index >= 15 is 0 Å². The number of nitrogens with two attached hydrogens (primary N) is 1. The number of hydrogen-bond donors (Lipinski definition) is 2. The predicted octanol–water partition coefficient (Wildman–Crippen LogP) is 3.68. The van der Waals surface area contributed by atoms with Gasteiger partial charge in [-0.05, 0) is 42.9 Å². The van der Waals surface area contributed by atoms with Crippen molar-refractivity contribution in [1.82, 2.24) is 0 Å². The Morgan fingerprint density at radius 3 is 2.71 bits per heavy atom. The number of nitrogen functional groups attached to an aromatic ring is 1. The fourth-order valence-electron chi connectivity index (χ4n) is 3.30. The van der Waals surface area contributed by atoms with Crippen LogP contribution in [0.3, 0.4) is 0 Å². The molecule has 0 radical (unpaired) electrons. The van der Waals surface area contributed by atoms with Crippen LogP contribution in [-0.4, -0.2) is 19.1 Å². The monoisotopic (exact) mass is 290 g/mol. The molecule has 0 aromatic heterocycles. The van der Waals surface area contributed by atoms with Crippen molar-refractivity contribution in [3.63, 3.8) is 0 Å². The number of nitrogens with one attached hydrogen (secondary N) is 1. The van der Waals surface area contributed by atoms with E-state index in [0.29, 0.717) is 29.1 Å². The van der Waals surface area contributed by atoms with E-state index < -0.39 is 0 Å². The van der Waals surface area contributed by atoms with E-state index in [1.165, 1.54) is 26.4 Å². The summed E-state index contributed by atoms with van der Waals surface area (Å²) in [6.07, 6.45) is 4.93. The first-order valence-corrected chi connectivity index (χ1v) is 7.77. The van der Waals surface area contributed by atoms with Crippen molar-refractivity contribution in [3.8, 4) is 0 Å². The van der Waals surface area contributed by atoms with Crippen LogP contribution in [0.2, 0.25) is 0 Å². The number of esters is 1. The molecule has 4 heteroatoms. The number of ether oxygens (including phenoxy) is 1. The second kappa shape index (κ2) is 6.83. The van der Waals surface area contributed by atoms with Gasteiger partial charge in [-0.2, -0.15) is 0 Å². The van der Waals surface area contributed by atoms with Gasteiger partial charge in [-0.25, -0.2) is 4.79 Å². The molecule has 4 nitrogen and oxygen atoms in total. The van der Waals surface area contributed by atoms with Gasteiger partial charge in [0.15, 0.2) is 0 Å². The van der Waals surface area contributed by atoms with Gasteiger partial charge in [-0.1, -0.05) is 26.7 Å². The van der Waals surface area contributed by atoms with Gasteiger partial charge in [0, 0.05) is 17.4 Å². The molecule has 1 aliphatic rings. The van der Waals surface area contributed by atoms with Crippen molar-refractivity contribution in [2.24, 2.45) is 11.8 Å². The number of carbonyl (C=O) groups excluding carboxylic acids is 1. The van der Waals surface area contributed by atoms with Gasteiger partial charge in [0.05, 0.1) is 12.7 Å². The molecule has 0 bridgehead atoms. The molecule has 0 spiro atoms. The first-order valence-electron chi connectivity index (χ1n) is 7.77. The van der Waals surface area contributed by atoms with Crippen LogP contribution >= 0.6 is 0 Å². The van der Waals surface area contributed by atoms with Gasteiger partial charge in [0.1, 0.15) is 0 Å². The van der Waals surface area contributed by atoms with Crippen molar-refractivity contribution in [3.05, 3.63) is 23.8 Å². The third-order valence-electron chi connectivity index (χ3n) is 4.47. The van der Waals surface area contributed by atoms with Crippen LogP contribution in [0.25, 0.3) is 0 Å². The number of benzene rings is 1. The first-order chi connectivity index (χ1) is 10.0. The summed E-state index contributed by atoms with van der Waals surface area (Å²) in [5.74, 6) is 0.932. The van der Waals surface area contributed by atoms with Gasteiger partial charge < -0.3 is 15.8 Å². The SMILES string of the molecule is COC(=O)c1cc(N)ccc1NC1CCCCC1C(C)C.